The highest BCUT2D eigenvalue weighted by Gasteiger charge is 2.57. The molecule has 1 heterocycles. The van der Waals surface area contributed by atoms with Crippen LogP contribution in [0.5, 0.6) is 0 Å². The number of aryl methyl sites for hydroxylation is 1. The van der Waals surface area contributed by atoms with Gasteiger partial charge in [0.1, 0.15) is 5.82 Å². The largest absolute Gasteiger partial charge is 0.443 e. The predicted octanol–water partition coefficient (Wildman–Crippen LogP) is 4.19. The number of carbonyl (C=O) groups excluding carboxylic acids is 1. The standard InChI is InChI=1S/C16H21F4N3O2/c1-15(7-16(19,20)8-15)12-11(9-4-3-5-9)13(23(2)22-12)21-14(24)25-6-10(17)18/h9-10H,3-8H2,1-2H3,(H,21,24). The Hall–Kier alpha value is -1.80. The number of halogens is 4. The maximum Gasteiger partial charge on any atom is 0.413 e. The van der Waals surface area contributed by atoms with Crippen LogP contribution in [0.15, 0.2) is 0 Å². The molecular formula is C16H21F4N3O2. The zero-order valence-corrected chi connectivity index (χ0v) is 14.1. The van der Waals surface area contributed by atoms with Crippen LogP contribution in [0.4, 0.5) is 28.2 Å². The average Bonchev–Trinajstić information content (AvgIpc) is 2.71. The summed E-state index contributed by atoms with van der Waals surface area (Å²) in [5, 5.41) is 6.85. The van der Waals surface area contributed by atoms with Gasteiger partial charge in [0.25, 0.3) is 6.43 Å². The first-order chi connectivity index (χ1) is 11.6. The van der Waals surface area contributed by atoms with Crippen LogP contribution in [-0.2, 0) is 17.2 Å². The van der Waals surface area contributed by atoms with E-state index in [0.29, 0.717) is 11.5 Å². The average molecular weight is 363 g/mol. The monoisotopic (exact) mass is 363 g/mol. The molecule has 0 spiro atoms. The van der Waals surface area contributed by atoms with Crippen LogP contribution in [0.3, 0.4) is 0 Å². The molecule has 0 aliphatic heterocycles. The van der Waals surface area contributed by atoms with E-state index in [9.17, 15) is 22.4 Å². The van der Waals surface area contributed by atoms with Crippen molar-refractivity contribution < 1.29 is 27.1 Å². The number of hydrogen-bond donors (Lipinski definition) is 1. The summed E-state index contributed by atoms with van der Waals surface area (Å²) in [6, 6.07) is 0. The number of rotatable bonds is 5. The van der Waals surface area contributed by atoms with Crippen molar-refractivity contribution in [1.29, 1.82) is 0 Å². The lowest BCUT2D eigenvalue weighted by Gasteiger charge is -2.45. The van der Waals surface area contributed by atoms with Gasteiger partial charge in [0, 0.05) is 30.9 Å². The molecule has 2 saturated carbocycles. The van der Waals surface area contributed by atoms with Crippen molar-refractivity contribution in [3.8, 4) is 0 Å². The van der Waals surface area contributed by atoms with E-state index in [1.165, 1.54) is 4.68 Å². The first-order valence-corrected chi connectivity index (χ1v) is 8.28. The molecule has 1 aromatic rings. The molecule has 2 aliphatic carbocycles. The summed E-state index contributed by atoms with van der Waals surface area (Å²) in [6.45, 7) is 0.743. The highest BCUT2D eigenvalue weighted by molar-refractivity contribution is 5.85. The zero-order chi connectivity index (χ0) is 18.4. The Kier molecular flexibility index (Phi) is 4.45. The van der Waals surface area contributed by atoms with E-state index in [1.807, 2.05) is 0 Å². The van der Waals surface area contributed by atoms with Crippen LogP contribution in [-0.4, -0.2) is 34.8 Å². The molecule has 0 atom stereocenters. The van der Waals surface area contributed by atoms with Crippen molar-refractivity contribution in [3.05, 3.63) is 11.3 Å². The molecular weight excluding hydrogens is 342 g/mol. The number of alkyl halides is 4. The smallest absolute Gasteiger partial charge is 0.413 e. The number of hydrogen-bond acceptors (Lipinski definition) is 3. The molecule has 3 rings (SSSR count). The number of aromatic nitrogens is 2. The molecule has 0 unspecified atom stereocenters. The number of nitrogens with zero attached hydrogens (tertiary/aromatic N) is 2. The lowest BCUT2D eigenvalue weighted by atomic mass is 9.63. The second kappa shape index (κ2) is 6.17. The Balaban J connectivity index is 1.87. The van der Waals surface area contributed by atoms with Crippen LogP contribution in [0.1, 0.15) is 56.2 Å². The van der Waals surface area contributed by atoms with Gasteiger partial charge in [-0.25, -0.2) is 22.4 Å². The molecule has 0 radical (unpaired) electrons. The summed E-state index contributed by atoms with van der Waals surface area (Å²) in [7, 11) is 1.59. The van der Waals surface area contributed by atoms with Gasteiger partial charge in [-0.1, -0.05) is 13.3 Å². The van der Waals surface area contributed by atoms with E-state index in [-0.39, 0.29) is 18.8 Å². The van der Waals surface area contributed by atoms with E-state index in [4.69, 9.17) is 0 Å². The van der Waals surface area contributed by atoms with Crippen LogP contribution in [0.2, 0.25) is 0 Å². The Bertz CT molecular complexity index is 663. The number of nitrogens with one attached hydrogen (secondary N) is 1. The van der Waals surface area contributed by atoms with Crippen LogP contribution in [0, 0.1) is 0 Å². The van der Waals surface area contributed by atoms with Crippen molar-refractivity contribution in [2.45, 2.75) is 62.7 Å². The summed E-state index contributed by atoms with van der Waals surface area (Å²) in [4.78, 5) is 11.8. The molecule has 1 N–H and O–H groups in total. The second-order valence-corrected chi connectivity index (χ2v) is 7.25. The topological polar surface area (TPSA) is 56.2 Å². The minimum Gasteiger partial charge on any atom is -0.443 e. The Morgan fingerprint density at radius 1 is 1.40 bits per heavy atom. The minimum absolute atomic E-state index is 0.125. The van der Waals surface area contributed by atoms with Gasteiger partial charge in [0.2, 0.25) is 5.92 Å². The highest BCUT2D eigenvalue weighted by Crippen LogP contribution is 2.56. The molecule has 2 aliphatic rings. The summed E-state index contributed by atoms with van der Waals surface area (Å²) in [5.74, 6) is -2.23. The fourth-order valence-electron chi connectivity index (χ4n) is 3.75. The third kappa shape index (κ3) is 3.46. The minimum atomic E-state index is -2.75. The normalized spacial score (nSPS) is 21.6. The second-order valence-electron chi connectivity index (χ2n) is 7.25. The molecule has 0 bridgehead atoms. The lowest BCUT2D eigenvalue weighted by molar-refractivity contribution is -0.122. The maximum atomic E-state index is 13.4. The number of ether oxygens (including phenoxy) is 1. The van der Waals surface area contributed by atoms with E-state index in [1.54, 1.807) is 14.0 Å². The van der Waals surface area contributed by atoms with E-state index in [0.717, 1.165) is 24.8 Å². The summed E-state index contributed by atoms with van der Waals surface area (Å²) in [5.41, 5.74) is 0.550. The Morgan fingerprint density at radius 3 is 2.52 bits per heavy atom. The molecule has 2 fully saturated rings. The van der Waals surface area contributed by atoms with Gasteiger partial charge in [-0.05, 0) is 18.8 Å². The molecule has 5 nitrogen and oxygen atoms in total. The Labute approximate surface area is 142 Å². The lowest BCUT2D eigenvalue weighted by Crippen LogP contribution is -2.48. The molecule has 9 heteroatoms. The van der Waals surface area contributed by atoms with E-state index in [2.05, 4.69) is 15.2 Å². The number of anilines is 1. The van der Waals surface area contributed by atoms with Gasteiger partial charge in [0.05, 0.1) is 5.69 Å². The van der Waals surface area contributed by atoms with E-state index >= 15 is 0 Å². The summed E-state index contributed by atoms with van der Waals surface area (Å²) < 4.78 is 57.1. The van der Waals surface area contributed by atoms with Gasteiger partial charge in [-0.3, -0.25) is 10.00 Å². The van der Waals surface area contributed by atoms with E-state index < -0.39 is 30.5 Å². The van der Waals surface area contributed by atoms with Crippen LogP contribution < -0.4 is 5.32 Å². The summed E-state index contributed by atoms with van der Waals surface area (Å²) in [6.07, 6.45) is -1.55. The molecule has 1 aromatic heterocycles. The molecule has 25 heavy (non-hydrogen) atoms. The van der Waals surface area contributed by atoms with Crippen LogP contribution in [0.25, 0.3) is 0 Å². The number of amides is 1. The predicted molar refractivity (Wildman–Crippen MR) is 82.3 cm³/mol. The highest BCUT2D eigenvalue weighted by atomic mass is 19.3. The van der Waals surface area contributed by atoms with Gasteiger partial charge in [0.15, 0.2) is 6.61 Å². The zero-order valence-electron chi connectivity index (χ0n) is 14.1. The maximum absolute atomic E-state index is 13.4. The van der Waals surface area contributed by atoms with Crippen molar-refractivity contribution in [2.75, 3.05) is 11.9 Å². The third-order valence-electron chi connectivity index (χ3n) is 5.03. The van der Waals surface area contributed by atoms with Gasteiger partial charge in [-0.2, -0.15) is 5.10 Å². The van der Waals surface area contributed by atoms with Gasteiger partial charge in [-0.15, -0.1) is 0 Å². The molecule has 0 saturated heterocycles. The summed E-state index contributed by atoms with van der Waals surface area (Å²) >= 11 is 0. The molecule has 1 amide bonds. The van der Waals surface area contributed by atoms with Gasteiger partial charge < -0.3 is 4.74 Å². The Morgan fingerprint density at radius 2 is 2.04 bits per heavy atom. The molecule has 140 valence electrons. The third-order valence-corrected chi connectivity index (χ3v) is 5.03. The van der Waals surface area contributed by atoms with Crippen molar-refractivity contribution in [1.82, 2.24) is 9.78 Å². The van der Waals surface area contributed by atoms with Crippen molar-refractivity contribution in [3.63, 3.8) is 0 Å². The SMILES string of the molecule is Cn1nc(C2(C)CC(F)(F)C2)c(C2CCC2)c1NC(=O)OCC(F)F. The van der Waals surface area contributed by atoms with Crippen molar-refractivity contribution >= 4 is 11.9 Å². The first kappa shape index (κ1) is 18.0. The van der Waals surface area contributed by atoms with Gasteiger partial charge >= 0.3 is 6.09 Å². The fraction of sp³-hybridized carbons (Fsp3) is 0.750. The van der Waals surface area contributed by atoms with Crippen LogP contribution >= 0.6 is 0 Å². The molecule has 0 aromatic carbocycles. The fourth-order valence-corrected chi connectivity index (χ4v) is 3.75. The number of carbonyl (C=O) groups is 1. The first-order valence-electron chi connectivity index (χ1n) is 8.28. The quantitative estimate of drug-likeness (QED) is 0.798. The van der Waals surface area contributed by atoms with Crippen molar-refractivity contribution in [2.24, 2.45) is 7.05 Å².